The molecule has 2 aliphatic rings. The first kappa shape index (κ1) is 24.2. The number of rotatable bonds is 8. The zero-order valence-corrected chi connectivity index (χ0v) is 20.1. The Morgan fingerprint density at radius 1 is 0.941 bits per heavy atom. The van der Waals surface area contributed by atoms with Crippen molar-refractivity contribution >= 4 is 31.5 Å². The molecule has 2 aromatic carbocycles. The summed E-state index contributed by atoms with van der Waals surface area (Å²) in [5.74, 6) is -0.228. The molecule has 0 fully saturated rings. The van der Waals surface area contributed by atoms with Crippen LogP contribution in [0.25, 0.3) is 11.3 Å². The molecule has 1 atom stereocenters. The highest BCUT2D eigenvalue weighted by atomic mass is 32.2. The Hall–Kier alpha value is -2.92. The second kappa shape index (κ2) is 9.38. The van der Waals surface area contributed by atoms with Crippen LogP contribution in [0.15, 0.2) is 66.8 Å². The van der Waals surface area contributed by atoms with E-state index in [4.69, 9.17) is 9.29 Å². The average Bonchev–Trinajstić information content (AvgIpc) is 2.76. The maximum absolute atomic E-state index is 11.4. The third kappa shape index (κ3) is 5.58. The third-order valence-corrected chi connectivity index (χ3v) is 7.21. The Balaban J connectivity index is 1.72. The molecule has 1 unspecified atom stereocenters. The average molecular weight is 504 g/mol. The van der Waals surface area contributed by atoms with Gasteiger partial charge in [-0.05, 0) is 58.7 Å². The van der Waals surface area contributed by atoms with Gasteiger partial charge in [-0.25, -0.2) is 0 Å². The number of hydrogen-bond donors (Lipinski definition) is 2. The van der Waals surface area contributed by atoms with E-state index >= 15 is 0 Å². The summed E-state index contributed by atoms with van der Waals surface area (Å²) in [4.78, 5) is 2.15. The minimum atomic E-state index is -4.15. The minimum Gasteiger partial charge on any atom is -0.494 e. The Bertz CT molecular complexity index is 1490. The molecular formula is C24H25NO7S2. The first-order valence-electron chi connectivity index (χ1n) is 10.6. The van der Waals surface area contributed by atoms with Crippen LogP contribution in [0.1, 0.15) is 17.5 Å². The maximum Gasteiger partial charge on any atom is 0.269 e. The molecule has 4 rings (SSSR count). The molecule has 0 aromatic heterocycles. The smallest absolute Gasteiger partial charge is 0.269 e. The monoisotopic (exact) mass is 503 g/mol. The van der Waals surface area contributed by atoms with Gasteiger partial charge in [-0.15, -0.1) is 0 Å². The van der Waals surface area contributed by atoms with Crippen LogP contribution in [0.5, 0.6) is 5.75 Å². The van der Waals surface area contributed by atoms with Gasteiger partial charge >= 0.3 is 0 Å². The van der Waals surface area contributed by atoms with Gasteiger partial charge in [0.25, 0.3) is 20.2 Å². The lowest BCUT2D eigenvalue weighted by atomic mass is 9.90. The van der Waals surface area contributed by atoms with Crippen molar-refractivity contribution < 1.29 is 30.7 Å². The molecule has 8 nitrogen and oxygen atoms in total. The van der Waals surface area contributed by atoms with E-state index in [1.807, 2.05) is 49.5 Å². The van der Waals surface area contributed by atoms with Gasteiger partial charge in [0, 0.05) is 12.3 Å². The highest BCUT2D eigenvalue weighted by molar-refractivity contribution is 7.85. The van der Waals surface area contributed by atoms with Crippen LogP contribution < -0.4 is 15.2 Å². The lowest BCUT2D eigenvalue weighted by Gasteiger charge is -2.35. The van der Waals surface area contributed by atoms with E-state index in [1.54, 1.807) is 18.2 Å². The fraction of sp³-hybridized carbons (Fsp3) is 0.250. The lowest BCUT2D eigenvalue weighted by Crippen LogP contribution is -2.46. The van der Waals surface area contributed by atoms with Crippen LogP contribution in [0.3, 0.4) is 0 Å². The molecule has 0 saturated carbocycles. The summed E-state index contributed by atoms with van der Waals surface area (Å²) in [5, 5.41) is 1.85. The van der Waals surface area contributed by atoms with Crippen molar-refractivity contribution in [2.24, 2.45) is 0 Å². The number of hydrogen-bond acceptors (Lipinski definition) is 6. The topological polar surface area (TPSA) is 121 Å². The van der Waals surface area contributed by atoms with Crippen molar-refractivity contribution in [2.45, 2.75) is 18.2 Å². The van der Waals surface area contributed by atoms with E-state index in [0.29, 0.717) is 11.3 Å². The van der Waals surface area contributed by atoms with Gasteiger partial charge in [-0.2, -0.15) is 16.8 Å². The third-order valence-electron chi connectivity index (χ3n) is 5.71. The maximum atomic E-state index is 11.4. The summed E-state index contributed by atoms with van der Waals surface area (Å²) >= 11 is 0. The Morgan fingerprint density at radius 2 is 1.68 bits per heavy atom. The molecule has 1 aliphatic carbocycles. The van der Waals surface area contributed by atoms with Crippen LogP contribution in [-0.4, -0.2) is 56.3 Å². The standard InChI is InChI=1S/C24H25NO7S2/c1-25-23-6-3-2-5-20(23)22-15-17(16-34(29,30)31)7-12-21(22)24(25)18-8-10-19(11-9-18)32-13-4-14-33(26,27)28/h2-3,5-12,15,23H,4,13-14,16H2,1H3,(H,26,27,28)(H,29,30,31). The zero-order valence-electron chi connectivity index (χ0n) is 18.5. The molecule has 2 N–H and O–H groups in total. The number of likely N-dealkylation sites (N-methyl/N-ethyl adjacent to an activating group) is 1. The van der Waals surface area contributed by atoms with Crippen molar-refractivity contribution in [1.82, 2.24) is 4.90 Å². The lowest BCUT2D eigenvalue weighted by molar-refractivity contribution is 0.316. The molecule has 1 aliphatic heterocycles. The van der Waals surface area contributed by atoms with E-state index in [2.05, 4.69) is 11.0 Å². The molecule has 2 aromatic rings. The summed E-state index contributed by atoms with van der Waals surface area (Å²) in [6, 6.07) is 12.8. The number of fused-ring (bicyclic) bond motifs is 2. The zero-order chi connectivity index (χ0) is 24.5. The molecule has 1 heterocycles. The largest absolute Gasteiger partial charge is 0.494 e. The van der Waals surface area contributed by atoms with Gasteiger partial charge in [0.05, 0.1) is 24.1 Å². The second-order valence-corrected chi connectivity index (χ2v) is 11.2. The van der Waals surface area contributed by atoms with Crippen LogP contribution >= 0.6 is 0 Å². The second-order valence-electron chi connectivity index (χ2n) is 8.22. The first-order valence-corrected chi connectivity index (χ1v) is 13.8. The van der Waals surface area contributed by atoms with E-state index in [0.717, 1.165) is 27.3 Å². The van der Waals surface area contributed by atoms with Gasteiger partial charge in [-0.3, -0.25) is 9.11 Å². The summed E-state index contributed by atoms with van der Waals surface area (Å²) < 4.78 is 68.2. The molecule has 0 radical (unpaired) electrons. The van der Waals surface area contributed by atoms with Crippen LogP contribution in [0, 0.1) is 0 Å². The molecule has 34 heavy (non-hydrogen) atoms. The van der Waals surface area contributed by atoms with E-state index in [-0.39, 0.29) is 24.8 Å². The predicted molar refractivity (Wildman–Crippen MR) is 130 cm³/mol. The number of allylic oxidation sites excluding steroid dienone is 2. The summed E-state index contributed by atoms with van der Waals surface area (Å²) in [7, 11) is -6.16. The van der Waals surface area contributed by atoms with Gasteiger partial charge in [0.15, 0.2) is 0 Å². The van der Waals surface area contributed by atoms with Crippen molar-refractivity contribution in [1.29, 1.82) is 0 Å². The van der Waals surface area contributed by atoms with E-state index in [9.17, 15) is 21.4 Å². The molecule has 0 spiro atoms. The van der Waals surface area contributed by atoms with Gasteiger partial charge in [0.1, 0.15) is 11.5 Å². The van der Waals surface area contributed by atoms with Gasteiger partial charge < -0.3 is 9.64 Å². The fourth-order valence-corrected chi connectivity index (χ4v) is 5.37. The van der Waals surface area contributed by atoms with Gasteiger partial charge in [-0.1, -0.05) is 36.4 Å². The highest BCUT2D eigenvalue weighted by Crippen LogP contribution is 2.28. The normalized spacial score (nSPS) is 17.5. The first-order chi connectivity index (χ1) is 16.0. The Kier molecular flexibility index (Phi) is 6.68. The number of nitrogens with zero attached hydrogens (tertiary/aromatic N) is 1. The Labute approximate surface area is 198 Å². The summed E-state index contributed by atoms with van der Waals surface area (Å²) in [6.07, 6.45) is 8.18. The molecule has 0 bridgehead atoms. The number of ether oxygens (including phenoxy) is 1. The quantitative estimate of drug-likeness (QED) is 0.411. The molecule has 0 amide bonds. The molecule has 180 valence electrons. The number of benzene rings is 2. The molecule has 0 saturated heterocycles. The van der Waals surface area contributed by atoms with Crippen LogP contribution in [-0.2, 0) is 26.0 Å². The summed E-state index contributed by atoms with van der Waals surface area (Å²) in [6.45, 7) is 0.159. The molecular weight excluding hydrogens is 478 g/mol. The van der Waals surface area contributed by atoms with Crippen LogP contribution in [0.4, 0.5) is 0 Å². The summed E-state index contributed by atoms with van der Waals surface area (Å²) in [5.41, 5.74) is 3.44. The van der Waals surface area contributed by atoms with Crippen LogP contribution in [0.2, 0.25) is 0 Å². The van der Waals surface area contributed by atoms with Gasteiger partial charge in [0.2, 0.25) is 0 Å². The minimum absolute atomic E-state index is 0.0372. The van der Waals surface area contributed by atoms with Crippen molar-refractivity contribution in [3.05, 3.63) is 88.3 Å². The highest BCUT2D eigenvalue weighted by Gasteiger charge is 2.26. The van der Waals surface area contributed by atoms with E-state index < -0.39 is 26.0 Å². The molecule has 10 heteroatoms. The Morgan fingerprint density at radius 3 is 2.35 bits per heavy atom. The fourth-order valence-electron chi connectivity index (χ4n) is 4.28. The van der Waals surface area contributed by atoms with Crippen molar-refractivity contribution in [2.75, 3.05) is 19.4 Å². The SMILES string of the molecule is CN1C(c2ccc(OCCCS(=O)(=O)O)cc2)=c2ccc(CS(=O)(=O)O)cc2=C2C=CC=CC21. The predicted octanol–water partition coefficient (Wildman–Crippen LogP) is 1.48. The van der Waals surface area contributed by atoms with Crippen molar-refractivity contribution in [3.63, 3.8) is 0 Å². The van der Waals surface area contributed by atoms with Crippen molar-refractivity contribution in [3.8, 4) is 5.75 Å². The van der Waals surface area contributed by atoms with E-state index in [1.165, 1.54) is 0 Å².